The van der Waals surface area contributed by atoms with E-state index in [1.165, 1.54) is 12.8 Å². The maximum absolute atomic E-state index is 9.33. The number of nitrogens with two attached hydrogens (primary N) is 1. The Labute approximate surface area is 87.3 Å². The molecule has 0 heterocycles. The van der Waals surface area contributed by atoms with Crippen LogP contribution in [-0.4, -0.2) is 41.8 Å². The van der Waals surface area contributed by atoms with Crippen LogP contribution in [-0.2, 0) is 0 Å². The molecule has 2 unspecified atom stereocenters. The fourth-order valence-electron chi connectivity index (χ4n) is 2.02. The molecule has 14 heavy (non-hydrogen) atoms. The van der Waals surface area contributed by atoms with Gasteiger partial charge in [0.1, 0.15) is 0 Å². The molecule has 0 aliphatic heterocycles. The predicted octanol–water partition coefficient (Wildman–Crippen LogP) is 0.815. The average molecular weight is 200 g/mol. The van der Waals surface area contributed by atoms with Crippen LogP contribution >= 0.6 is 0 Å². The van der Waals surface area contributed by atoms with Crippen LogP contribution in [0.5, 0.6) is 0 Å². The van der Waals surface area contributed by atoms with Crippen molar-refractivity contribution >= 4 is 0 Å². The van der Waals surface area contributed by atoms with Crippen LogP contribution in [0.3, 0.4) is 0 Å². The number of rotatable bonds is 6. The third kappa shape index (κ3) is 3.23. The summed E-state index contributed by atoms with van der Waals surface area (Å²) in [6.45, 7) is 4.53. The Morgan fingerprint density at radius 1 is 1.43 bits per heavy atom. The van der Waals surface area contributed by atoms with Crippen LogP contribution in [0.15, 0.2) is 0 Å². The average Bonchev–Trinajstić information content (AvgIpc) is 2.85. The summed E-state index contributed by atoms with van der Waals surface area (Å²) in [4.78, 5) is 2.26. The number of nitrogens with zero attached hydrogens (tertiary/aromatic N) is 1. The van der Waals surface area contributed by atoms with E-state index >= 15 is 0 Å². The molecule has 1 fully saturated rings. The van der Waals surface area contributed by atoms with Gasteiger partial charge in [-0.2, -0.15) is 0 Å². The smallest absolute Gasteiger partial charge is 0.0601 e. The standard InChI is InChI=1S/C11H24N2O/c1-8(2)6-10(12)11(7-14)13(3)9-4-5-9/h8-11,14H,4-7,12H2,1-3H3. The molecule has 0 radical (unpaired) electrons. The van der Waals surface area contributed by atoms with Crippen molar-refractivity contribution in [2.45, 2.75) is 51.2 Å². The van der Waals surface area contributed by atoms with Gasteiger partial charge in [-0.25, -0.2) is 0 Å². The lowest BCUT2D eigenvalue weighted by atomic mass is 9.98. The minimum absolute atomic E-state index is 0.102. The molecule has 1 aliphatic rings. The minimum atomic E-state index is 0.102. The van der Waals surface area contributed by atoms with Crippen molar-refractivity contribution in [3.05, 3.63) is 0 Å². The highest BCUT2D eigenvalue weighted by Crippen LogP contribution is 2.28. The highest BCUT2D eigenvalue weighted by Gasteiger charge is 2.33. The van der Waals surface area contributed by atoms with Gasteiger partial charge in [-0.3, -0.25) is 4.90 Å². The molecule has 1 rings (SSSR count). The van der Waals surface area contributed by atoms with Crippen molar-refractivity contribution in [3.63, 3.8) is 0 Å². The van der Waals surface area contributed by atoms with Crippen molar-refractivity contribution in [2.24, 2.45) is 11.7 Å². The zero-order valence-corrected chi connectivity index (χ0v) is 9.61. The Hall–Kier alpha value is -0.120. The van der Waals surface area contributed by atoms with Crippen LogP contribution in [0, 0.1) is 5.92 Å². The van der Waals surface area contributed by atoms with Gasteiger partial charge >= 0.3 is 0 Å². The van der Waals surface area contributed by atoms with Gasteiger partial charge in [-0.05, 0) is 32.2 Å². The summed E-state index contributed by atoms with van der Waals surface area (Å²) < 4.78 is 0. The number of hydrogen-bond donors (Lipinski definition) is 2. The van der Waals surface area contributed by atoms with E-state index in [-0.39, 0.29) is 18.7 Å². The van der Waals surface area contributed by atoms with E-state index in [0.29, 0.717) is 12.0 Å². The largest absolute Gasteiger partial charge is 0.395 e. The molecule has 0 aromatic heterocycles. The maximum Gasteiger partial charge on any atom is 0.0601 e. The number of aliphatic hydroxyl groups excluding tert-OH is 1. The van der Waals surface area contributed by atoms with Gasteiger partial charge in [0.2, 0.25) is 0 Å². The third-order valence-corrected chi connectivity index (χ3v) is 3.07. The fraction of sp³-hybridized carbons (Fsp3) is 1.00. The van der Waals surface area contributed by atoms with E-state index in [1.807, 2.05) is 0 Å². The predicted molar refractivity (Wildman–Crippen MR) is 59.1 cm³/mol. The lowest BCUT2D eigenvalue weighted by molar-refractivity contribution is 0.114. The molecule has 3 N–H and O–H groups in total. The second kappa shape index (κ2) is 5.10. The molecule has 0 aromatic rings. The third-order valence-electron chi connectivity index (χ3n) is 3.07. The molecular formula is C11H24N2O. The highest BCUT2D eigenvalue weighted by atomic mass is 16.3. The highest BCUT2D eigenvalue weighted by molar-refractivity contribution is 4.90. The van der Waals surface area contributed by atoms with Gasteiger partial charge in [0.25, 0.3) is 0 Å². The van der Waals surface area contributed by atoms with E-state index in [9.17, 15) is 5.11 Å². The molecule has 0 bridgehead atoms. The molecule has 0 aromatic carbocycles. The zero-order valence-electron chi connectivity index (χ0n) is 9.61. The Morgan fingerprint density at radius 3 is 2.36 bits per heavy atom. The van der Waals surface area contributed by atoms with Crippen molar-refractivity contribution in [3.8, 4) is 0 Å². The van der Waals surface area contributed by atoms with Gasteiger partial charge in [-0.1, -0.05) is 13.8 Å². The van der Waals surface area contributed by atoms with Crippen molar-refractivity contribution in [1.82, 2.24) is 4.90 Å². The Morgan fingerprint density at radius 2 is 2.00 bits per heavy atom. The molecule has 1 aliphatic carbocycles. The molecule has 1 saturated carbocycles. The SMILES string of the molecule is CC(C)CC(N)C(CO)N(C)C1CC1. The first-order chi connectivity index (χ1) is 6.56. The first-order valence-electron chi connectivity index (χ1n) is 5.64. The summed E-state index contributed by atoms with van der Waals surface area (Å²) in [5.41, 5.74) is 6.09. The van der Waals surface area contributed by atoms with Gasteiger partial charge in [0, 0.05) is 18.1 Å². The number of likely N-dealkylation sites (N-methyl/N-ethyl adjacent to an activating group) is 1. The van der Waals surface area contributed by atoms with Crippen LogP contribution in [0.2, 0.25) is 0 Å². The summed E-state index contributed by atoms with van der Waals surface area (Å²) in [5, 5.41) is 9.33. The van der Waals surface area contributed by atoms with Crippen LogP contribution in [0.1, 0.15) is 33.1 Å². The lowest BCUT2D eigenvalue weighted by Gasteiger charge is -2.32. The Kier molecular flexibility index (Phi) is 4.35. The van der Waals surface area contributed by atoms with Crippen LogP contribution in [0.25, 0.3) is 0 Å². The molecule has 3 nitrogen and oxygen atoms in total. The first-order valence-corrected chi connectivity index (χ1v) is 5.64. The van der Waals surface area contributed by atoms with Gasteiger partial charge in [-0.15, -0.1) is 0 Å². The van der Waals surface area contributed by atoms with Crippen molar-refractivity contribution in [1.29, 1.82) is 0 Å². The maximum atomic E-state index is 9.33. The Bertz CT molecular complexity index is 169. The van der Waals surface area contributed by atoms with E-state index in [1.54, 1.807) is 0 Å². The molecule has 0 spiro atoms. The topological polar surface area (TPSA) is 49.5 Å². The van der Waals surface area contributed by atoms with Gasteiger partial charge < -0.3 is 10.8 Å². The molecule has 2 atom stereocenters. The molecule has 84 valence electrons. The monoisotopic (exact) mass is 200 g/mol. The molecule has 3 heteroatoms. The normalized spacial score (nSPS) is 21.6. The van der Waals surface area contributed by atoms with Crippen molar-refractivity contribution in [2.75, 3.05) is 13.7 Å². The first kappa shape index (κ1) is 12.0. The number of hydrogen-bond acceptors (Lipinski definition) is 3. The van der Waals surface area contributed by atoms with Crippen LogP contribution in [0.4, 0.5) is 0 Å². The molecule has 0 saturated heterocycles. The Balaban J connectivity index is 2.42. The summed E-state index contributed by atoms with van der Waals surface area (Å²) in [5.74, 6) is 0.603. The fourth-order valence-corrected chi connectivity index (χ4v) is 2.02. The summed E-state index contributed by atoms with van der Waals surface area (Å²) in [6, 6.07) is 0.917. The second-order valence-electron chi connectivity index (χ2n) is 4.94. The summed E-state index contributed by atoms with van der Waals surface area (Å²) in [6.07, 6.45) is 3.52. The van der Waals surface area contributed by atoms with Crippen molar-refractivity contribution < 1.29 is 5.11 Å². The van der Waals surface area contributed by atoms with Crippen LogP contribution < -0.4 is 5.73 Å². The number of aliphatic hydroxyl groups is 1. The molecule has 0 amide bonds. The van der Waals surface area contributed by atoms with Gasteiger partial charge in [0.15, 0.2) is 0 Å². The van der Waals surface area contributed by atoms with E-state index < -0.39 is 0 Å². The zero-order chi connectivity index (χ0) is 10.7. The van der Waals surface area contributed by atoms with E-state index in [4.69, 9.17) is 5.73 Å². The second-order valence-corrected chi connectivity index (χ2v) is 4.94. The summed E-state index contributed by atoms with van der Waals surface area (Å²) in [7, 11) is 2.08. The minimum Gasteiger partial charge on any atom is -0.395 e. The van der Waals surface area contributed by atoms with Gasteiger partial charge in [0.05, 0.1) is 6.61 Å². The molecular weight excluding hydrogens is 176 g/mol. The van der Waals surface area contributed by atoms with E-state index in [2.05, 4.69) is 25.8 Å². The quantitative estimate of drug-likeness (QED) is 0.667. The van der Waals surface area contributed by atoms with E-state index in [0.717, 1.165) is 6.42 Å². The lowest BCUT2D eigenvalue weighted by Crippen LogP contribution is -2.49. The summed E-state index contributed by atoms with van der Waals surface area (Å²) >= 11 is 0.